The van der Waals surface area contributed by atoms with Gasteiger partial charge in [-0.05, 0) is 33.6 Å². The van der Waals surface area contributed by atoms with Gasteiger partial charge >= 0.3 is 0 Å². The van der Waals surface area contributed by atoms with Gasteiger partial charge in [0.05, 0.1) is 24.3 Å². The van der Waals surface area contributed by atoms with E-state index in [1.807, 2.05) is 18.2 Å². The molecule has 0 aliphatic carbocycles. The highest BCUT2D eigenvalue weighted by Gasteiger charge is 2.21. The van der Waals surface area contributed by atoms with E-state index in [0.717, 1.165) is 10.2 Å². The first-order valence-corrected chi connectivity index (χ1v) is 7.03. The van der Waals surface area contributed by atoms with Crippen molar-refractivity contribution in [3.05, 3.63) is 28.2 Å². The minimum Gasteiger partial charge on any atom is -0.496 e. The van der Waals surface area contributed by atoms with E-state index in [0.29, 0.717) is 13.1 Å². The summed E-state index contributed by atoms with van der Waals surface area (Å²) in [4.78, 5) is 0. The van der Waals surface area contributed by atoms with E-state index in [2.05, 4.69) is 35.1 Å². The second-order valence-corrected chi connectivity index (χ2v) is 6.05. The number of methoxy groups -OCH3 is 1. The maximum absolute atomic E-state index is 9.30. The number of hydrogen-bond donors (Lipinski definition) is 3. The van der Waals surface area contributed by atoms with Crippen LogP contribution in [0.3, 0.4) is 0 Å². The molecule has 5 heteroatoms. The van der Waals surface area contributed by atoms with Crippen molar-refractivity contribution in [2.75, 3.05) is 26.8 Å². The molecule has 0 aliphatic rings. The Labute approximate surface area is 122 Å². The van der Waals surface area contributed by atoms with Crippen LogP contribution in [0.25, 0.3) is 0 Å². The van der Waals surface area contributed by atoms with Crippen molar-refractivity contribution in [3.8, 4) is 5.75 Å². The van der Waals surface area contributed by atoms with Gasteiger partial charge in [-0.15, -0.1) is 0 Å². The number of nitrogens with one attached hydrogen (secondary N) is 1. The van der Waals surface area contributed by atoms with E-state index < -0.39 is 6.10 Å². The van der Waals surface area contributed by atoms with Gasteiger partial charge in [-0.3, -0.25) is 0 Å². The summed E-state index contributed by atoms with van der Waals surface area (Å²) in [5.41, 5.74) is 1.09. The molecule has 0 saturated heterocycles. The maximum atomic E-state index is 9.30. The van der Waals surface area contributed by atoms with Crippen LogP contribution in [0.5, 0.6) is 5.75 Å². The average molecular weight is 332 g/mol. The largest absolute Gasteiger partial charge is 0.496 e. The summed E-state index contributed by atoms with van der Waals surface area (Å²) < 4.78 is 6.14. The molecule has 1 atom stereocenters. The zero-order valence-electron chi connectivity index (χ0n) is 11.6. The molecule has 0 aliphatic heterocycles. The maximum Gasteiger partial charge on any atom is 0.133 e. The van der Waals surface area contributed by atoms with Crippen molar-refractivity contribution in [2.45, 2.75) is 25.4 Å². The molecular weight excluding hydrogens is 310 g/mol. The van der Waals surface area contributed by atoms with Crippen LogP contribution in [0.15, 0.2) is 22.7 Å². The lowest BCUT2D eigenvalue weighted by Crippen LogP contribution is -2.38. The number of aliphatic hydroxyl groups is 2. The van der Waals surface area contributed by atoms with Gasteiger partial charge in [-0.25, -0.2) is 0 Å². The second-order valence-electron chi connectivity index (χ2n) is 5.20. The lowest BCUT2D eigenvalue weighted by Gasteiger charge is -2.27. The first kappa shape index (κ1) is 16.4. The predicted molar refractivity (Wildman–Crippen MR) is 79.7 cm³/mol. The van der Waals surface area contributed by atoms with Crippen LogP contribution in [-0.4, -0.2) is 43.1 Å². The van der Waals surface area contributed by atoms with Crippen LogP contribution in [0.1, 0.15) is 19.4 Å². The monoisotopic (exact) mass is 331 g/mol. The molecule has 108 valence electrons. The summed E-state index contributed by atoms with van der Waals surface area (Å²) >= 11 is 3.48. The third-order valence-corrected chi connectivity index (χ3v) is 3.71. The van der Waals surface area contributed by atoms with Crippen molar-refractivity contribution < 1.29 is 14.9 Å². The van der Waals surface area contributed by atoms with Crippen molar-refractivity contribution >= 4 is 15.9 Å². The molecule has 1 unspecified atom stereocenters. The highest BCUT2D eigenvalue weighted by molar-refractivity contribution is 9.10. The first-order chi connectivity index (χ1) is 8.90. The summed E-state index contributed by atoms with van der Waals surface area (Å²) in [6, 6.07) is 6.01. The topological polar surface area (TPSA) is 61.7 Å². The van der Waals surface area contributed by atoms with Gasteiger partial charge in [0.2, 0.25) is 0 Å². The van der Waals surface area contributed by atoms with Gasteiger partial charge in [0, 0.05) is 18.5 Å². The number of aliphatic hydroxyl groups excluding tert-OH is 2. The molecule has 4 nitrogen and oxygen atoms in total. The molecule has 0 spiro atoms. The van der Waals surface area contributed by atoms with Crippen LogP contribution in [0.2, 0.25) is 0 Å². The molecule has 0 amide bonds. The van der Waals surface area contributed by atoms with E-state index in [9.17, 15) is 5.11 Å². The highest BCUT2D eigenvalue weighted by atomic mass is 79.9. The van der Waals surface area contributed by atoms with Crippen LogP contribution < -0.4 is 10.1 Å². The summed E-state index contributed by atoms with van der Waals surface area (Å²) in [6.07, 6.45) is -0.710. The minimum absolute atomic E-state index is 0.0794. The molecule has 0 aromatic heterocycles. The zero-order valence-corrected chi connectivity index (χ0v) is 13.2. The Morgan fingerprint density at radius 1 is 1.42 bits per heavy atom. The van der Waals surface area contributed by atoms with E-state index in [1.54, 1.807) is 7.11 Å². The Balaban J connectivity index is 2.68. The van der Waals surface area contributed by atoms with Crippen LogP contribution in [0, 0.1) is 0 Å². The number of hydrogen-bond acceptors (Lipinski definition) is 4. The van der Waals surface area contributed by atoms with E-state index in [4.69, 9.17) is 9.84 Å². The Hall–Kier alpha value is -0.620. The lowest BCUT2D eigenvalue weighted by atomic mass is 9.84. The standard InChI is InChI=1S/C14H22BrNO3/c1-14(2,9-16-7-11(18)8-17)10-4-5-13(19-3)12(15)6-10/h4-6,11,16-18H,7-9H2,1-3H3. The molecular formula is C14H22BrNO3. The highest BCUT2D eigenvalue weighted by Crippen LogP contribution is 2.31. The van der Waals surface area contributed by atoms with Crippen LogP contribution >= 0.6 is 15.9 Å². The molecule has 0 heterocycles. The molecule has 3 N–H and O–H groups in total. The average Bonchev–Trinajstić information content (AvgIpc) is 2.38. The third kappa shape index (κ3) is 4.76. The van der Waals surface area contributed by atoms with Crippen molar-refractivity contribution in [2.24, 2.45) is 0 Å². The van der Waals surface area contributed by atoms with Crippen LogP contribution in [0.4, 0.5) is 0 Å². The van der Waals surface area contributed by atoms with Gasteiger partial charge < -0.3 is 20.3 Å². The SMILES string of the molecule is COc1ccc(C(C)(C)CNCC(O)CO)cc1Br. The molecule has 0 radical (unpaired) electrons. The van der Waals surface area contributed by atoms with Gasteiger partial charge in [-0.2, -0.15) is 0 Å². The van der Waals surface area contributed by atoms with Crippen molar-refractivity contribution in [1.29, 1.82) is 0 Å². The summed E-state index contributed by atoms with van der Waals surface area (Å²) in [7, 11) is 1.64. The molecule has 0 saturated carbocycles. The predicted octanol–water partition coefficient (Wildman–Crippen LogP) is 1.68. The summed E-state index contributed by atoms with van der Waals surface area (Å²) in [5, 5.41) is 21.2. The van der Waals surface area contributed by atoms with Gasteiger partial charge in [-0.1, -0.05) is 19.9 Å². The van der Waals surface area contributed by atoms with Gasteiger partial charge in [0.25, 0.3) is 0 Å². The molecule has 0 fully saturated rings. The normalized spacial score (nSPS) is 13.4. The van der Waals surface area contributed by atoms with Crippen molar-refractivity contribution in [1.82, 2.24) is 5.32 Å². The number of halogens is 1. The van der Waals surface area contributed by atoms with E-state index >= 15 is 0 Å². The molecule has 1 aromatic rings. The molecule has 0 bridgehead atoms. The zero-order chi connectivity index (χ0) is 14.5. The number of benzene rings is 1. The van der Waals surface area contributed by atoms with E-state index in [1.165, 1.54) is 5.56 Å². The fraction of sp³-hybridized carbons (Fsp3) is 0.571. The lowest BCUT2D eigenvalue weighted by molar-refractivity contribution is 0.0934. The number of ether oxygens (including phenoxy) is 1. The summed E-state index contributed by atoms with van der Waals surface area (Å²) in [5.74, 6) is 0.809. The minimum atomic E-state index is -0.710. The van der Waals surface area contributed by atoms with E-state index in [-0.39, 0.29) is 12.0 Å². The Bertz CT molecular complexity index is 410. The second kappa shape index (κ2) is 7.24. The Kier molecular flexibility index (Phi) is 6.26. The Morgan fingerprint density at radius 3 is 2.63 bits per heavy atom. The molecule has 1 rings (SSSR count). The Morgan fingerprint density at radius 2 is 2.11 bits per heavy atom. The fourth-order valence-corrected chi connectivity index (χ4v) is 2.35. The van der Waals surface area contributed by atoms with Gasteiger partial charge in [0.15, 0.2) is 0 Å². The van der Waals surface area contributed by atoms with Crippen molar-refractivity contribution in [3.63, 3.8) is 0 Å². The van der Waals surface area contributed by atoms with Crippen LogP contribution in [-0.2, 0) is 5.41 Å². The smallest absolute Gasteiger partial charge is 0.133 e. The molecule has 1 aromatic carbocycles. The first-order valence-electron chi connectivity index (χ1n) is 6.24. The third-order valence-electron chi connectivity index (χ3n) is 3.09. The fourth-order valence-electron chi connectivity index (χ4n) is 1.81. The summed E-state index contributed by atoms with van der Waals surface area (Å²) in [6.45, 7) is 5.13. The quantitative estimate of drug-likeness (QED) is 0.711. The molecule has 19 heavy (non-hydrogen) atoms. The number of rotatable bonds is 7. The van der Waals surface area contributed by atoms with Gasteiger partial charge in [0.1, 0.15) is 5.75 Å².